The van der Waals surface area contributed by atoms with Crippen molar-refractivity contribution in [3.05, 3.63) is 0 Å². The number of unbranched alkanes of at least 4 members (excludes halogenated alkanes) is 39. The molecule has 0 saturated heterocycles. The Bertz CT molecular complexity index is 1840. The molecule has 17 nitrogen and oxygen atoms in total. The van der Waals surface area contributed by atoms with E-state index < -0.39 is 97.5 Å². The molecule has 0 aliphatic rings. The summed E-state index contributed by atoms with van der Waals surface area (Å²) in [6, 6.07) is 0. The Hall–Kier alpha value is -1.94. The van der Waals surface area contributed by atoms with Gasteiger partial charge in [0.1, 0.15) is 19.3 Å². The molecule has 0 heterocycles. The first-order chi connectivity index (χ1) is 45.3. The zero-order valence-electron chi connectivity index (χ0n) is 61.4. The van der Waals surface area contributed by atoms with Gasteiger partial charge in [-0.2, -0.15) is 0 Å². The highest BCUT2D eigenvalue weighted by atomic mass is 31.2. The van der Waals surface area contributed by atoms with Crippen LogP contribution < -0.4 is 0 Å². The van der Waals surface area contributed by atoms with Crippen molar-refractivity contribution in [3.63, 3.8) is 0 Å². The Kier molecular flexibility index (Phi) is 64.3. The predicted octanol–water partition coefficient (Wildman–Crippen LogP) is 21.8. The van der Waals surface area contributed by atoms with Crippen LogP contribution in [-0.2, 0) is 65.4 Å². The van der Waals surface area contributed by atoms with Gasteiger partial charge in [0.25, 0.3) is 0 Å². The van der Waals surface area contributed by atoms with E-state index in [4.69, 9.17) is 37.0 Å². The second kappa shape index (κ2) is 65.7. The SMILES string of the molecule is CCCCCCCC(=O)OC[C@H](COP(=O)(O)OC[C@H](O)COP(=O)(O)OC[C@@H](COC(=O)CCCCCCCCCCCCCCCCC(C)CC)OC(=O)CCCCCCCCCCCCCCCCC(C)CC)OC(=O)CCCCCCCCCCCCC(C)C. The van der Waals surface area contributed by atoms with E-state index in [9.17, 15) is 43.2 Å². The first-order valence-corrected chi connectivity index (χ1v) is 41.9. The van der Waals surface area contributed by atoms with E-state index in [-0.39, 0.29) is 25.7 Å². The number of phosphoric acid groups is 2. The van der Waals surface area contributed by atoms with Crippen molar-refractivity contribution < 1.29 is 80.2 Å². The molecule has 0 spiro atoms. The van der Waals surface area contributed by atoms with Crippen LogP contribution in [0.15, 0.2) is 0 Å². The minimum absolute atomic E-state index is 0.105. The highest BCUT2D eigenvalue weighted by molar-refractivity contribution is 7.47. The number of carbonyl (C=O) groups excluding carboxylic acids is 4. The van der Waals surface area contributed by atoms with E-state index in [0.29, 0.717) is 25.7 Å². The fourth-order valence-electron chi connectivity index (χ4n) is 11.4. The van der Waals surface area contributed by atoms with Crippen LogP contribution >= 0.6 is 15.6 Å². The lowest BCUT2D eigenvalue weighted by Crippen LogP contribution is -2.30. The van der Waals surface area contributed by atoms with Crippen LogP contribution in [0.3, 0.4) is 0 Å². The summed E-state index contributed by atoms with van der Waals surface area (Å²) < 4.78 is 68.3. The minimum Gasteiger partial charge on any atom is -0.462 e. The van der Waals surface area contributed by atoms with Crippen LogP contribution in [0.5, 0.6) is 0 Å². The van der Waals surface area contributed by atoms with Gasteiger partial charge < -0.3 is 33.8 Å². The highest BCUT2D eigenvalue weighted by Crippen LogP contribution is 2.45. The maximum absolute atomic E-state index is 13.1. The molecule has 4 unspecified atom stereocenters. The smallest absolute Gasteiger partial charge is 0.462 e. The summed E-state index contributed by atoms with van der Waals surface area (Å²) in [6.07, 6.45) is 51.6. The number of esters is 4. The molecule has 558 valence electrons. The third kappa shape index (κ3) is 66.0. The molecule has 0 amide bonds. The molecular weight excluding hydrogens is 1230 g/mol. The van der Waals surface area contributed by atoms with Gasteiger partial charge in [-0.3, -0.25) is 37.3 Å². The van der Waals surface area contributed by atoms with E-state index in [1.165, 1.54) is 186 Å². The fourth-order valence-corrected chi connectivity index (χ4v) is 12.9. The Labute approximate surface area is 575 Å². The van der Waals surface area contributed by atoms with Crippen molar-refractivity contribution in [2.75, 3.05) is 39.6 Å². The van der Waals surface area contributed by atoms with Gasteiger partial charge in [-0.05, 0) is 43.4 Å². The van der Waals surface area contributed by atoms with Crippen LogP contribution in [0.2, 0.25) is 0 Å². The number of hydrogen-bond donors (Lipinski definition) is 3. The van der Waals surface area contributed by atoms with Gasteiger partial charge in [0.2, 0.25) is 0 Å². The lowest BCUT2D eigenvalue weighted by molar-refractivity contribution is -0.161. The molecule has 0 aliphatic heterocycles. The van der Waals surface area contributed by atoms with Gasteiger partial charge in [0.15, 0.2) is 12.2 Å². The third-order valence-corrected chi connectivity index (χ3v) is 20.0. The zero-order valence-corrected chi connectivity index (χ0v) is 63.2. The normalized spacial score (nSPS) is 14.7. The number of aliphatic hydroxyl groups excluding tert-OH is 1. The van der Waals surface area contributed by atoms with Crippen LogP contribution in [-0.4, -0.2) is 96.7 Å². The summed E-state index contributed by atoms with van der Waals surface area (Å²) in [7, 11) is -9.90. The van der Waals surface area contributed by atoms with Gasteiger partial charge in [0, 0.05) is 25.7 Å². The van der Waals surface area contributed by atoms with Crippen molar-refractivity contribution in [1.29, 1.82) is 0 Å². The van der Waals surface area contributed by atoms with Gasteiger partial charge in [0.05, 0.1) is 26.4 Å². The van der Waals surface area contributed by atoms with Gasteiger partial charge in [-0.1, -0.05) is 331 Å². The van der Waals surface area contributed by atoms with Crippen molar-refractivity contribution in [3.8, 4) is 0 Å². The van der Waals surface area contributed by atoms with Crippen molar-refractivity contribution >= 4 is 39.5 Å². The third-order valence-electron chi connectivity index (χ3n) is 18.1. The van der Waals surface area contributed by atoms with Crippen LogP contribution in [0.4, 0.5) is 0 Å². The zero-order chi connectivity index (χ0) is 69.4. The Balaban J connectivity index is 5.15. The molecule has 0 radical (unpaired) electrons. The van der Waals surface area contributed by atoms with Crippen LogP contribution in [0.25, 0.3) is 0 Å². The standard InChI is InChI=1S/C75H146O17P2/c1-8-11-12-39-49-56-72(77)85-62-70(91-74(79)59-52-45-38-32-26-25-27-33-40-46-53-66(4)5)64-89-93(81,82)87-60-69(76)61-88-94(83,84)90-65-71(92-75(80)58-51-44-37-31-24-20-16-14-18-22-29-35-42-48-55-68(7)10-3)63-86-73(78)57-50-43-36-30-23-19-15-13-17-21-28-34-41-47-54-67(6)9-2/h66-71,76H,8-65H2,1-7H3,(H,81,82)(H,83,84)/t67?,68?,69-,70+,71+/m0/s1. The van der Waals surface area contributed by atoms with E-state index in [1.54, 1.807) is 0 Å². The molecule has 94 heavy (non-hydrogen) atoms. The van der Waals surface area contributed by atoms with Crippen LogP contribution in [0.1, 0.15) is 382 Å². The van der Waals surface area contributed by atoms with E-state index in [0.717, 1.165) is 114 Å². The van der Waals surface area contributed by atoms with Crippen molar-refractivity contribution in [2.45, 2.75) is 401 Å². The number of ether oxygens (including phenoxy) is 4. The Morgan fingerprint density at radius 2 is 0.543 bits per heavy atom. The topological polar surface area (TPSA) is 237 Å². The second-order valence-corrected chi connectivity index (χ2v) is 30.9. The molecule has 7 atom stereocenters. The second-order valence-electron chi connectivity index (χ2n) is 28.0. The maximum Gasteiger partial charge on any atom is 0.472 e. The fraction of sp³-hybridized carbons (Fsp3) is 0.947. The van der Waals surface area contributed by atoms with Gasteiger partial charge >= 0.3 is 39.5 Å². The molecule has 0 saturated carbocycles. The summed E-state index contributed by atoms with van der Waals surface area (Å²) >= 11 is 0. The Morgan fingerprint density at radius 3 is 0.809 bits per heavy atom. The first kappa shape index (κ1) is 92.1. The summed E-state index contributed by atoms with van der Waals surface area (Å²) in [4.78, 5) is 72.5. The molecule has 0 aliphatic carbocycles. The number of rotatable bonds is 73. The van der Waals surface area contributed by atoms with E-state index in [2.05, 4.69) is 48.5 Å². The lowest BCUT2D eigenvalue weighted by atomic mass is 9.99. The summed E-state index contributed by atoms with van der Waals surface area (Å²) in [5.41, 5.74) is 0. The lowest BCUT2D eigenvalue weighted by Gasteiger charge is -2.21. The molecule has 3 N–H and O–H groups in total. The molecule has 0 aromatic carbocycles. The van der Waals surface area contributed by atoms with Crippen molar-refractivity contribution in [2.24, 2.45) is 17.8 Å². The van der Waals surface area contributed by atoms with Crippen molar-refractivity contribution in [1.82, 2.24) is 0 Å². The summed E-state index contributed by atoms with van der Waals surface area (Å²) in [5.74, 6) is 0.318. The maximum atomic E-state index is 13.1. The van der Waals surface area contributed by atoms with E-state index >= 15 is 0 Å². The molecular formula is C75H146O17P2. The molecule has 0 rings (SSSR count). The minimum atomic E-state index is -4.96. The predicted molar refractivity (Wildman–Crippen MR) is 381 cm³/mol. The quantitative estimate of drug-likeness (QED) is 0.0222. The number of hydrogen-bond acceptors (Lipinski definition) is 15. The molecule has 19 heteroatoms. The largest absolute Gasteiger partial charge is 0.472 e. The molecule has 0 fully saturated rings. The van der Waals surface area contributed by atoms with E-state index in [1.807, 2.05) is 0 Å². The Morgan fingerprint density at radius 1 is 0.309 bits per heavy atom. The molecule has 0 bridgehead atoms. The number of phosphoric ester groups is 2. The van der Waals surface area contributed by atoms with Gasteiger partial charge in [-0.25, -0.2) is 9.13 Å². The number of aliphatic hydroxyl groups is 1. The molecule has 0 aromatic rings. The average Bonchev–Trinajstić information content (AvgIpc) is 2.83. The highest BCUT2D eigenvalue weighted by Gasteiger charge is 2.30. The van der Waals surface area contributed by atoms with Gasteiger partial charge in [-0.15, -0.1) is 0 Å². The molecule has 0 aromatic heterocycles. The number of carbonyl (C=O) groups is 4. The monoisotopic (exact) mass is 1380 g/mol. The first-order valence-electron chi connectivity index (χ1n) is 38.9. The average molecular weight is 1380 g/mol. The summed E-state index contributed by atoms with van der Waals surface area (Å²) in [5, 5.41) is 10.6. The summed E-state index contributed by atoms with van der Waals surface area (Å²) in [6.45, 7) is 11.9. The van der Waals surface area contributed by atoms with Crippen LogP contribution in [0, 0.1) is 17.8 Å².